The molecule has 0 atom stereocenters. The number of benzene rings is 3. The zero-order valence-electron chi connectivity index (χ0n) is 15.7. The topological polar surface area (TPSA) is 92.3 Å². The molecule has 0 aliphatic heterocycles. The van der Waals surface area contributed by atoms with Crippen molar-refractivity contribution in [3.63, 3.8) is 0 Å². The molecule has 29 heavy (non-hydrogen) atoms. The molecule has 152 valence electrons. The molecule has 0 fully saturated rings. The Kier molecular flexibility index (Phi) is 5.88. The molecule has 0 radical (unpaired) electrons. The van der Waals surface area contributed by atoms with Gasteiger partial charge in [0.15, 0.2) is 0 Å². The summed E-state index contributed by atoms with van der Waals surface area (Å²) in [6.45, 7) is 3.69. The molecule has 0 amide bonds. The van der Waals surface area contributed by atoms with Crippen molar-refractivity contribution in [3.05, 3.63) is 82.9 Å². The fraction of sp³-hybridized carbons (Fsp3) is 0.100. The van der Waals surface area contributed by atoms with Crippen molar-refractivity contribution in [2.45, 2.75) is 23.6 Å². The van der Waals surface area contributed by atoms with Crippen molar-refractivity contribution in [1.82, 2.24) is 0 Å². The van der Waals surface area contributed by atoms with Gasteiger partial charge in [0.1, 0.15) is 0 Å². The molecule has 0 unspecified atom stereocenters. The number of hydrogen-bond acceptors (Lipinski definition) is 4. The number of rotatable bonds is 6. The summed E-state index contributed by atoms with van der Waals surface area (Å²) >= 11 is 5.78. The van der Waals surface area contributed by atoms with Crippen LogP contribution in [-0.4, -0.2) is 16.8 Å². The van der Waals surface area contributed by atoms with Crippen LogP contribution < -0.4 is 9.44 Å². The summed E-state index contributed by atoms with van der Waals surface area (Å²) < 4.78 is 55.1. The van der Waals surface area contributed by atoms with Crippen molar-refractivity contribution < 1.29 is 16.8 Å². The molecule has 0 spiro atoms. The molecular weight excluding hydrogens is 432 g/mol. The monoisotopic (exact) mass is 450 g/mol. The van der Waals surface area contributed by atoms with Gasteiger partial charge in [-0.2, -0.15) is 0 Å². The maximum absolute atomic E-state index is 12.7. The van der Waals surface area contributed by atoms with Crippen molar-refractivity contribution in [1.29, 1.82) is 0 Å². The van der Waals surface area contributed by atoms with Crippen molar-refractivity contribution in [2.75, 3.05) is 9.44 Å². The van der Waals surface area contributed by atoms with Crippen LogP contribution in [0.4, 0.5) is 11.4 Å². The van der Waals surface area contributed by atoms with Gasteiger partial charge < -0.3 is 0 Å². The molecule has 2 N–H and O–H groups in total. The summed E-state index contributed by atoms with van der Waals surface area (Å²) in [5.41, 5.74) is 2.47. The molecule has 0 aliphatic rings. The number of halogens is 1. The number of aryl methyl sites for hydroxylation is 2. The highest BCUT2D eigenvalue weighted by molar-refractivity contribution is 7.93. The third-order valence-corrected chi connectivity index (χ3v) is 7.21. The van der Waals surface area contributed by atoms with Crippen LogP contribution in [0.15, 0.2) is 76.5 Å². The van der Waals surface area contributed by atoms with Gasteiger partial charge >= 0.3 is 0 Å². The second-order valence-corrected chi connectivity index (χ2v) is 10.3. The van der Waals surface area contributed by atoms with Crippen LogP contribution in [0.1, 0.15) is 11.1 Å². The number of sulfonamides is 2. The average molecular weight is 451 g/mol. The van der Waals surface area contributed by atoms with E-state index < -0.39 is 20.0 Å². The summed E-state index contributed by atoms with van der Waals surface area (Å²) in [4.78, 5) is 0.0723. The van der Waals surface area contributed by atoms with E-state index in [2.05, 4.69) is 9.44 Å². The standard InChI is InChI=1S/C20H19ClN2O4S2/c1-14-3-4-15(2)20(13-14)23-29(26,27)19-11-7-17(8-12-19)22-28(24,25)18-9-5-16(21)6-10-18/h3-13,22-23H,1-2H3. The minimum absolute atomic E-state index is 0.0212. The first-order valence-corrected chi connectivity index (χ1v) is 11.9. The molecule has 9 heteroatoms. The fourth-order valence-corrected chi connectivity index (χ4v) is 4.89. The van der Waals surface area contributed by atoms with E-state index in [1.54, 1.807) is 6.07 Å². The largest absolute Gasteiger partial charge is 0.280 e. The van der Waals surface area contributed by atoms with Crippen LogP contribution >= 0.6 is 11.6 Å². The maximum Gasteiger partial charge on any atom is 0.261 e. The minimum Gasteiger partial charge on any atom is -0.280 e. The lowest BCUT2D eigenvalue weighted by molar-refractivity contribution is 0.600. The Morgan fingerprint density at radius 1 is 0.690 bits per heavy atom. The Morgan fingerprint density at radius 2 is 1.21 bits per heavy atom. The molecule has 0 heterocycles. The van der Waals surface area contributed by atoms with E-state index in [-0.39, 0.29) is 15.5 Å². The Hall–Kier alpha value is -2.55. The van der Waals surface area contributed by atoms with Gasteiger partial charge in [-0.15, -0.1) is 0 Å². The lowest BCUT2D eigenvalue weighted by Crippen LogP contribution is -2.15. The number of anilines is 2. The van der Waals surface area contributed by atoms with Gasteiger partial charge in [-0.05, 0) is 79.6 Å². The minimum atomic E-state index is -3.81. The molecule has 0 bridgehead atoms. The lowest BCUT2D eigenvalue weighted by atomic mass is 10.1. The molecule has 0 aromatic heterocycles. The van der Waals surface area contributed by atoms with Crippen LogP contribution in [0.2, 0.25) is 5.02 Å². The average Bonchev–Trinajstić information content (AvgIpc) is 2.65. The fourth-order valence-electron chi connectivity index (χ4n) is 2.58. The van der Waals surface area contributed by atoms with Crippen molar-refractivity contribution in [2.24, 2.45) is 0 Å². The quantitative estimate of drug-likeness (QED) is 0.575. The van der Waals surface area contributed by atoms with Crippen molar-refractivity contribution in [3.8, 4) is 0 Å². The molecule has 6 nitrogen and oxygen atoms in total. The SMILES string of the molecule is Cc1ccc(C)c(NS(=O)(=O)c2ccc(NS(=O)(=O)c3ccc(Cl)cc3)cc2)c1. The zero-order chi connectivity index (χ0) is 21.2. The first-order chi connectivity index (χ1) is 13.6. The van der Waals surface area contributed by atoms with Gasteiger partial charge in [0.2, 0.25) is 0 Å². The Morgan fingerprint density at radius 3 is 1.79 bits per heavy atom. The van der Waals surface area contributed by atoms with Gasteiger partial charge in [-0.25, -0.2) is 16.8 Å². The molecule has 0 saturated heterocycles. The van der Waals surface area contributed by atoms with Crippen LogP contribution in [0.5, 0.6) is 0 Å². The van der Waals surface area contributed by atoms with Gasteiger partial charge in [0.25, 0.3) is 20.0 Å². The first-order valence-electron chi connectivity index (χ1n) is 8.55. The summed E-state index contributed by atoms with van der Waals surface area (Å²) in [7, 11) is -7.62. The van der Waals surface area contributed by atoms with Crippen LogP contribution in [0.25, 0.3) is 0 Å². The Labute approximate surface area is 175 Å². The summed E-state index contributed by atoms with van der Waals surface area (Å²) in [6, 6.07) is 16.7. The highest BCUT2D eigenvalue weighted by atomic mass is 35.5. The Balaban J connectivity index is 1.80. The highest BCUT2D eigenvalue weighted by Crippen LogP contribution is 2.23. The second-order valence-electron chi connectivity index (χ2n) is 6.51. The van der Waals surface area contributed by atoms with Crippen molar-refractivity contribution >= 4 is 43.0 Å². The van der Waals surface area contributed by atoms with E-state index in [1.807, 2.05) is 26.0 Å². The van der Waals surface area contributed by atoms with Crippen LogP contribution in [-0.2, 0) is 20.0 Å². The molecule has 3 rings (SSSR count). The highest BCUT2D eigenvalue weighted by Gasteiger charge is 2.17. The lowest BCUT2D eigenvalue weighted by Gasteiger charge is -2.12. The van der Waals surface area contributed by atoms with E-state index in [0.717, 1.165) is 11.1 Å². The third kappa shape index (κ3) is 5.09. The van der Waals surface area contributed by atoms with E-state index in [9.17, 15) is 16.8 Å². The van der Waals surface area contributed by atoms with E-state index in [1.165, 1.54) is 48.5 Å². The predicted molar refractivity (Wildman–Crippen MR) is 115 cm³/mol. The number of nitrogens with one attached hydrogen (secondary N) is 2. The third-order valence-electron chi connectivity index (χ3n) is 4.18. The smallest absolute Gasteiger partial charge is 0.261 e. The van der Waals surface area contributed by atoms with Crippen LogP contribution in [0, 0.1) is 13.8 Å². The van der Waals surface area contributed by atoms with E-state index in [4.69, 9.17) is 11.6 Å². The van der Waals surface area contributed by atoms with E-state index >= 15 is 0 Å². The molecule has 3 aromatic rings. The summed E-state index contributed by atoms with van der Waals surface area (Å²) in [6.07, 6.45) is 0. The Bertz CT molecular complexity index is 1240. The van der Waals surface area contributed by atoms with Gasteiger partial charge in [-0.3, -0.25) is 9.44 Å². The zero-order valence-corrected chi connectivity index (χ0v) is 18.1. The van der Waals surface area contributed by atoms with E-state index in [0.29, 0.717) is 10.7 Å². The molecule has 3 aromatic carbocycles. The summed E-state index contributed by atoms with van der Waals surface area (Å²) in [5, 5.41) is 0.426. The van der Waals surface area contributed by atoms with Gasteiger partial charge in [0, 0.05) is 10.7 Å². The number of hydrogen-bond donors (Lipinski definition) is 2. The summed E-state index contributed by atoms with van der Waals surface area (Å²) in [5.74, 6) is 0. The maximum atomic E-state index is 12.7. The second kappa shape index (κ2) is 8.06. The molecule has 0 aliphatic carbocycles. The molecule has 0 saturated carbocycles. The first kappa shape index (κ1) is 21.2. The van der Waals surface area contributed by atoms with Crippen LogP contribution in [0.3, 0.4) is 0 Å². The van der Waals surface area contributed by atoms with Gasteiger partial charge in [0.05, 0.1) is 15.5 Å². The predicted octanol–water partition coefficient (Wildman–Crippen LogP) is 4.56. The molecular formula is C20H19ClN2O4S2. The normalized spacial score (nSPS) is 11.8. The van der Waals surface area contributed by atoms with Gasteiger partial charge in [-0.1, -0.05) is 23.7 Å².